The number of aromatic nitrogens is 3. The summed E-state index contributed by atoms with van der Waals surface area (Å²) in [5.74, 6) is 1.08. The van der Waals surface area contributed by atoms with Crippen molar-refractivity contribution in [3.05, 3.63) is 30.5 Å². The Balaban J connectivity index is 1.44. The molecule has 7 heteroatoms. The number of aromatic hydroxyl groups is 1. The Kier molecular flexibility index (Phi) is 4.40. The third-order valence-electron chi connectivity index (χ3n) is 5.71. The van der Waals surface area contributed by atoms with Gasteiger partial charge < -0.3 is 10.0 Å². The molecule has 5 rings (SSSR count). The normalized spacial score (nSPS) is 27.5. The summed E-state index contributed by atoms with van der Waals surface area (Å²) in [6.07, 6.45) is 4.07. The smallest absolute Gasteiger partial charge is 0.226 e. The molecule has 3 fully saturated rings. The van der Waals surface area contributed by atoms with Crippen molar-refractivity contribution in [2.24, 2.45) is 11.8 Å². The molecular formula is C19H25N5O2. The average molecular weight is 355 g/mol. The van der Waals surface area contributed by atoms with Crippen molar-refractivity contribution in [2.45, 2.75) is 25.4 Å². The van der Waals surface area contributed by atoms with Gasteiger partial charge in [-0.3, -0.25) is 14.4 Å². The second kappa shape index (κ2) is 6.72. The molecule has 26 heavy (non-hydrogen) atoms. The van der Waals surface area contributed by atoms with Gasteiger partial charge in [-0.15, -0.1) is 5.10 Å². The molecule has 0 radical (unpaired) electrons. The molecule has 1 amide bonds. The summed E-state index contributed by atoms with van der Waals surface area (Å²) >= 11 is 0. The second-order valence-corrected chi connectivity index (χ2v) is 7.65. The number of piperidine rings is 3. The van der Waals surface area contributed by atoms with E-state index in [1.165, 1.54) is 0 Å². The fourth-order valence-corrected chi connectivity index (χ4v) is 4.34. The molecule has 3 aliphatic heterocycles. The SMILES string of the molecule is CN(C)C(=O)C1CN2CCC1CC2Cn1cc(-c2cccc(O)c2)nn1. The van der Waals surface area contributed by atoms with E-state index in [0.717, 1.165) is 43.7 Å². The molecule has 4 unspecified atom stereocenters. The molecule has 0 spiro atoms. The van der Waals surface area contributed by atoms with Crippen LogP contribution in [0, 0.1) is 11.8 Å². The molecule has 2 bridgehead atoms. The monoisotopic (exact) mass is 355 g/mol. The summed E-state index contributed by atoms with van der Waals surface area (Å²) in [6.45, 7) is 2.69. The standard InChI is InChI=1S/C19H25N5O2/c1-22(2)19(26)17-11-23-7-6-13(17)8-15(23)10-24-12-18(20-21-24)14-4-3-5-16(25)9-14/h3-5,9,12-13,15,17,25H,6-8,10-11H2,1-2H3. The van der Waals surface area contributed by atoms with E-state index in [1.54, 1.807) is 23.1 Å². The van der Waals surface area contributed by atoms with Crippen LogP contribution in [0.15, 0.2) is 30.5 Å². The van der Waals surface area contributed by atoms with Gasteiger partial charge in [0.25, 0.3) is 0 Å². The summed E-state index contributed by atoms with van der Waals surface area (Å²) in [5, 5.41) is 18.1. The third kappa shape index (κ3) is 3.19. The maximum Gasteiger partial charge on any atom is 0.226 e. The summed E-state index contributed by atoms with van der Waals surface area (Å²) < 4.78 is 1.88. The largest absolute Gasteiger partial charge is 0.508 e. The maximum atomic E-state index is 12.4. The summed E-state index contributed by atoms with van der Waals surface area (Å²) in [4.78, 5) is 16.5. The number of rotatable bonds is 4. The van der Waals surface area contributed by atoms with Crippen LogP contribution in [-0.4, -0.2) is 69.0 Å². The Morgan fingerprint density at radius 3 is 2.92 bits per heavy atom. The predicted molar refractivity (Wildman–Crippen MR) is 97.4 cm³/mol. The Morgan fingerprint density at radius 1 is 1.38 bits per heavy atom. The van der Waals surface area contributed by atoms with Crippen molar-refractivity contribution in [1.29, 1.82) is 0 Å². The predicted octanol–water partition coefficient (Wildman–Crippen LogP) is 1.45. The number of carbonyl (C=O) groups excluding carboxylic acids is 1. The van der Waals surface area contributed by atoms with Crippen molar-refractivity contribution in [1.82, 2.24) is 24.8 Å². The highest BCUT2D eigenvalue weighted by atomic mass is 16.3. The van der Waals surface area contributed by atoms with E-state index in [-0.39, 0.29) is 17.6 Å². The molecule has 1 aromatic carbocycles. The highest BCUT2D eigenvalue weighted by Crippen LogP contribution is 2.37. The van der Waals surface area contributed by atoms with Crippen LogP contribution in [0.25, 0.3) is 11.3 Å². The Bertz CT molecular complexity index is 803. The van der Waals surface area contributed by atoms with E-state index in [9.17, 15) is 9.90 Å². The summed E-state index contributed by atoms with van der Waals surface area (Å²) in [7, 11) is 3.69. The topological polar surface area (TPSA) is 74.5 Å². The lowest BCUT2D eigenvalue weighted by molar-refractivity contribution is -0.141. The fraction of sp³-hybridized carbons (Fsp3) is 0.526. The third-order valence-corrected chi connectivity index (χ3v) is 5.71. The van der Waals surface area contributed by atoms with Crippen molar-refractivity contribution in [3.63, 3.8) is 0 Å². The van der Waals surface area contributed by atoms with Gasteiger partial charge in [-0.1, -0.05) is 17.3 Å². The lowest BCUT2D eigenvalue weighted by Crippen LogP contribution is -2.57. The van der Waals surface area contributed by atoms with Gasteiger partial charge in [0.15, 0.2) is 0 Å². The van der Waals surface area contributed by atoms with Gasteiger partial charge in [-0.05, 0) is 37.4 Å². The molecule has 4 heterocycles. The van der Waals surface area contributed by atoms with Gasteiger partial charge in [0.05, 0.1) is 18.7 Å². The van der Waals surface area contributed by atoms with Crippen LogP contribution in [0.3, 0.4) is 0 Å². The molecule has 3 saturated heterocycles. The first kappa shape index (κ1) is 17.0. The number of phenolic OH excluding ortho intramolecular Hbond substituents is 1. The van der Waals surface area contributed by atoms with Crippen LogP contribution in [0.4, 0.5) is 0 Å². The maximum absolute atomic E-state index is 12.4. The number of amides is 1. The van der Waals surface area contributed by atoms with Crippen molar-refractivity contribution >= 4 is 5.91 Å². The molecule has 138 valence electrons. The first-order valence-corrected chi connectivity index (χ1v) is 9.16. The van der Waals surface area contributed by atoms with Gasteiger partial charge in [0.1, 0.15) is 11.4 Å². The zero-order chi connectivity index (χ0) is 18.3. The molecular weight excluding hydrogens is 330 g/mol. The number of fused-ring (bicyclic) bond motifs is 3. The van der Waals surface area contributed by atoms with Crippen LogP contribution in [0.2, 0.25) is 0 Å². The number of hydrogen-bond acceptors (Lipinski definition) is 5. The zero-order valence-corrected chi connectivity index (χ0v) is 15.2. The quantitative estimate of drug-likeness (QED) is 0.898. The number of nitrogens with zero attached hydrogens (tertiary/aromatic N) is 5. The molecule has 1 N–H and O–H groups in total. The molecule has 1 aromatic heterocycles. The highest BCUT2D eigenvalue weighted by Gasteiger charge is 2.43. The summed E-state index contributed by atoms with van der Waals surface area (Å²) in [5.41, 5.74) is 1.62. The van der Waals surface area contributed by atoms with Crippen molar-refractivity contribution in [2.75, 3.05) is 27.2 Å². The van der Waals surface area contributed by atoms with E-state index < -0.39 is 0 Å². The van der Waals surface area contributed by atoms with Crippen LogP contribution >= 0.6 is 0 Å². The first-order chi connectivity index (χ1) is 12.5. The highest BCUT2D eigenvalue weighted by molar-refractivity contribution is 5.79. The molecule has 4 atom stereocenters. The average Bonchev–Trinajstić information content (AvgIpc) is 3.10. The summed E-state index contributed by atoms with van der Waals surface area (Å²) in [6, 6.07) is 7.46. The number of carbonyl (C=O) groups is 1. The Labute approximate surface area is 153 Å². The molecule has 3 aliphatic rings. The molecule has 0 saturated carbocycles. The van der Waals surface area contributed by atoms with E-state index in [0.29, 0.717) is 12.0 Å². The van der Waals surface area contributed by atoms with Crippen LogP contribution in [0.1, 0.15) is 12.8 Å². The number of phenols is 1. The van der Waals surface area contributed by atoms with Gasteiger partial charge in [0, 0.05) is 32.2 Å². The Hall–Kier alpha value is -2.41. The van der Waals surface area contributed by atoms with Crippen molar-refractivity contribution in [3.8, 4) is 17.0 Å². The minimum atomic E-state index is 0.133. The molecule has 2 aromatic rings. The fourth-order valence-electron chi connectivity index (χ4n) is 4.34. The van der Waals surface area contributed by atoms with Crippen molar-refractivity contribution < 1.29 is 9.90 Å². The molecule has 7 nitrogen and oxygen atoms in total. The number of hydrogen-bond donors (Lipinski definition) is 1. The Morgan fingerprint density at radius 2 is 2.23 bits per heavy atom. The molecule has 0 aliphatic carbocycles. The van der Waals surface area contributed by atoms with Crippen LogP contribution < -0.4 is 0 Å². The van der Waals surface area contributed by atoms with E-state index >= 15 is 0 Å². The first-order valence-electron chi connectivity index (χ1n) is 9.16. The van der Waals surface area contributed by atoms with Crippen LogP contribution in [0.5, 0.6) is 5.75 Å². The van der Waals surface area contributed by atoms with E-state index in [4.69, 9.17) is 0 Å². The zero-order valence-electron chi connectivity index (χ0n) is 15.2. The van der Waals surface area contributed by atoms with Gasteiger partial charge >= 0.3 is 0 Å². The minimum Gasteiger partial charge on any atom is -0.508 e. The van der Waals surface area contributed by atoms with Crippen LogP contribution in [-0.2, 0) is 11.3 Å². The lowest BCUT2D eigenvalue weighted by atomic mass is 9.75. The van der Waals surface area contributed by atoms with Gasteiger partial charge in [0.2, 0.25) is 5.91 Å². The van der Waals surface area contributed by atoms with Gasteiger partial charge in [-0.2, -0.15) is 0 Å². The second-order valence-electron chi connectivity index (χ2n) is 7.65. The van der Waals surface area contributed by atoms with E-state index in [1.807, 2.05) is 31.0 Å². The lowest BCUT2D eigenvalue weighted by Gasteiger charge is -2.49. The van der Waals surface area contributed by atoms with E-state index in [2.05, 4.69) is 15.2 Å². The minimum absolute atomic E-state index is 0.133. The van der Waals surface area contributed by atoms with Gasteiger partial charge in [-0.25, -0.2) is 0 Å². The number of benzene rings is 1.